The molecular weight excluding hydrogens is 487 g/mol. The van der Waals surface area contributed by atoms with E-state index in [0.717, 1.165) is 10.5 Å². The molecule has 1 N–H and O–H groups in total. The van der Waals surface area contributed by atoms with Crippen molar-refractivity contribution in [1.82, 2.24) is 14.9 Å². The molecule has 0 radical (unpaired) electrons. The van der Waals surface area contributed by atoms with Gasteiger partial charge in [-0.2, -0.15) is 13.2 Å². The van der Waals surface area contributed by atoms with Gasteiger partial charge in [-0.05, 0) is 40.9 Å². The number of nitrogens with zero attached hydrogens (tertiary/aromatic N) is 3. The van der Waals surface area contributed by atoms with Gasteiger partial charge >= 0.3 is 6.18 Å². The van der Waals surface area contributed by atoms with Gasteiger partial charge in [-0.3, -0.25) is 4.79 Å². The lowest BCUT2D eigenvalue weighted by atomic mass is 9.88. The Bertz CT molecular complexity index is 952. The molecule has 2 aromatic rings. The van der Waals surface area contributed by atoms with E-state index >= 15 is 0 Å². The van der Waals surface area contributed by atoms with E-state index in [0.29, 0.717) is 16.9 Å². The summed E-state index contributed by atoms with van der Waals surface area (Å²) < 4.78 is 67.1. The Labute approximate surface area is 184 Å². The summed E-state index contributed by atoms with van der Waals surface area (Å²) in [6, 6.07) is 4.45. The zero-order valence-electron chi connectivity index (χ0n) is 16.7. The van der Waals surface area contributed by atoms with Gasteiger partial charge in [-0.15, -0.1) is 0 Å². The van der Waals surface area contributed by atoms with Crippen molar-refractivity contribution in [2.45, 2.75) is 38.4 Å². The largest absolute Gasteiger partial charge is 0.419 e. The number of aromatic nitrogens is 2. The lowest BCUT2D eigenvalue weighted by Crippen LogP contribution is -2.57. The normalized spacial score (nSPS) is 21.1. The Hall–Kier alpha value is -2.30. The molecule has 2 heterocycles. The summed E-state index contributed by atoms with van der Waals surface area (Å²) in [6.45, 7) is 2.66. The topological polar surface area (TPSA) is 58.1 Å². The molecule has 0 aliphatic carbocycles. The average Bonchev–Trinajstić information content (AvgIpc) is 2.67. The zero-order chi connectivity index (χ0) is 23.0. The number of likely N-dealkylation sites (tertiary alicyclic amines) is 1. The lowest BCUT2D eigenvalue weighted by Gasteiger charge is -2.43. The molecule has 1 fully saturated rings. The van der Waals surface area contributed by atoms with Gasteiger partial charge in [0.15, 0.2) is 0 Å². The van der Waals surface area contributed by atoms with E-state index in [9.17, 15) is 26.7 Å². The number of aryl methyl sites for hydroxylation is 1. The molecule has 31 heavy (non-hydrogen) atoms. The van der Waals surface area contributed by atoms with Crippen molar-refractivity contribution < 1.29 is 26.7 Å². The van der Waals surface area contributed by atoms with Gasteiger partial charge in [0.05, 0.1) is 23.7 Å². The highest BCUT2D eigenvalue weighted by molar-refractivity contribution is 9.10. The summed E-state index contributed by atoms with van der Waals surface area (Å²) in [4.78, 5) is 21.5. The number of amides is 1. The third-order valence-electron chi connectivity index (χ3n) is 5.14. The van der Waals surface area contributed by atoms with Crippen LogP contribution in [0.2, 0.25) is 0 Å². The first-order valence-corrected chi connectivity index (χ1v) is 10.2. The summed E-state index contributed by atoms with van der Waals surface area (Å²) in [5.74, 6) is -4.26. The number of rotatable bonds is 4. The van der Waals surface area contributed by atoms with Crippen LogP contribution in [0.3, 0.4) is 0 Å². The van der Waals surface area contributed by atoms with E-state index in [1.54, 1.807) is 32.0 Å². The van der Waals surface area contributed by atoms with Gasteiger partial charge in [-0.25, -0.2) is 18.7 Å². The highest BCUT2D eigenvalue weighted by atomic mass is 79.9. The number of benzene rings is 1. The van der Waals surface area contributed by atoms with Gasteiger partial charge < -0.3 is 10.2 Å². The van der Waals surface area contributed by atoms with Crippen molar-refractivity contribution in [2.75, 3.05) is 18.4 Å². The number of hydrogen-bond acceptors (Lipinski definition) is 4. The molecule has 3 rings (SSSR count). The first kappa shape index (κ1) is 23.4. The maximum Gasteiger partial charge on any atom is 0.419 e. The van der Waals surface area contributed by atoms with E-state index < -0.39 is 48.5 Å². The van der Waals surface area contributed by atoms with Crippen LogP contribution in [0.15, 0.2) is 35.1 Å². The maximum absolute atomic E-state index is 14.3. The highest BCUT2D eigenvalue weighted by Crippen LogP contribution is 2.36. The third kappa shape index (κ3) is 5.50. The third-order valence-corrected chi connectivity index (χ3v) is 5.83. The fourth-order valence-corrected chi connectivity index (χ4v) is 4.01. The van der Waals surface area contributed by atoms with Crippen LogP contribution < -0.4 is 5.32 Å². The minimum Gasteiger partial charge on any atom is -0.352 e. The quantitative estimate of drug-likeness (QED) is 0.581. The van der Waals surface area contributed by atoms with E-state index in [2.05, 4.69) is 31.2 Å². The van der Waals surface area contributed by atoms with Crippen LogP contribution in [-0.4, -0.2) is 45.8 Å². The van der Waals surface area contributed by atoms with Crippen molar-refractivity contribution in [3.8, 4) is 0 Å². The predicted octanol–water partition coefficient (Wildman–Crippen LogP) is 5.16. The zero-order valence-corrected chi connectivity index (χ0v) is 18.3. The number of alkyl halides is 5. The molecule has 1 aliphatic heterocycles. The van der Waals surface area contributed by atoms with Crippen LogP contribution in [0.5, 0.6) is 0 Å². The maximum atomic E-state index is 14.3. The molecule has 168 valence electrons. The highest BCUT2D eigenvalue weighted by Gasteiger charge is 2.46. The monoisotopic (exact) mass is 506 g/mol. The lowest BCUT2D eigenvalue weighted by molar-refractivity contribution is -0.138. The molecule has 5 nitrogen and oxygen atoms in total. The Morgan fingerprint density at radius 2 is 1.94 bits per heavy atom. The van der Waals surface area contributed by atoms with E-state index in [1.165, 1.54) is 0 Å². The molecule has 0 saturated carbocycles. The molecule has 1 saturated heterocycles. The molecule has 11 heteroatoms. The molecule has 1 aromatic heterocycles. The smallest absolute Gasteiger partial charge is 0.352 e. The fraction of sp³-hybridized carbons (Fsp3) is 0.450. The fourth-order valence-electron chi connectivity index (χ4n) is 3.60. The number of halogens is 6. The molecule has 0 bridgehead atoms. The van der Waals surface area contributed by atoms with E-state index in [-0.39, 0.29) is 18.1 Å². The summed E-state index contributed by atoms with van der Waals surface area (Å²) in [6.07, 6.45) is -3.69. The van der Waals surface area contributed by atoms with Crippen LogP contribution >= 0.6 is 15.9 Å². The Morgan fingerprint density at radius 1 is 1.29 bits per heavy atom. The predicted molar refractivity (Wildman–Crippen MR) is 108 cm³/mol. The molecule has 1 aliphatic rings. The number of carbonyl (C=O) groups excluding carboxylic acids is 1. The van der Waals surface area contributed by atoms with Gasteiger partial charge in [0.25, 0.3) is 11.8 Å². The summed E-state index contributed by atoms with van der Waals surface area (Å²) in [5.41, 5.74) is 0.0710. The van der Waals surface area contributed by atoms with E-state index in [1.807, 2.05) is 0 Å². The first-order chi connectivity index (χ1) is 14.4. The van der Waals surface area contributed by atoms with Crippen LogP contribution in [0, 0.1) is 12.8 Å². The molecule has 1 amide bonds. The van der Waals surface area contributed by atoms with Crippen LogP contribution in [0.1, 0.15) is 34.8 Å². The van der Waals surface area contributed by atoms with Gasteiger partial charge in [0, 0.05) is 29.8 Å². The van der Waals surface area contributed by atoms with Crippen LogP contribution in [-0.2, 0) is 6.18 Å². The van der Waals surface area contributed by atoms with Crippen LogP contribution in [0.25, 0.3) is 0 Å². The molecule has 2 atom stereocenters. The number of anilines is 1. The molecule has 0 spiro atoms. The van der Waals surface area contributed by atoms with E-state index in [4.69, 9.17) is 0 Å². The van der Waals surface area contributed by atoms with Crippen molar-refractivity contribution in [3.05, 3.63) is 51.8 Å². The molecular formula is C20H20BrF5N4O. The summed E-state index contributed by atoms with van der Waals surface area (Å²) in [7, 11) is 0. The first-order valence-electron chi connectivity index (χ1n) is 9.45. The number of nitrogens with one attached hydrogen (secondary N) is 1. The summed E-state index contributed by atoms with van der Waals surface area (Å²) in [5, 5.41) is 2.77. The van der Waals surface area contributed by atoms with Crippen molar-refractivity contribution in [1.29, 1.82) is 0 Å². The number of piperidine rings is 1. The molecule has 0 unspecified atom stereocenters. The standard InChI is InChI=1S/C20H20BrF5N4O/c1-11-3-4-15(21)14(5-11)17(31)30-10-19(22,23)6-12(2)16(30)9-29-18-27-7-13(8-28-18)20(24,25)26/h3-5,7-8,12,16H,6,9-10H2,1-2H3,(H,27,28,29)/t12-,16-/m1/s1. The molecule has 1 aromatic carbocycles. The van der Waals surface area contributed by atoms with Gasteiger partial charge in [0.2, 0.25) is 5.95 Å². The second-order valence-electron chi connectivity index (χ2n) is 7.70. The minimum absolute atomic E-state index is 0.0117. The average molecular weight is 507 g/mol. The Kier molecular flexibility index (Phi) is 6.54. The SMILES string of the molecule is Cc1ccc(Br)c(C(=O)N2CC(F)(F)C[C@@H](C)[C@H]2CNc2ncc(C(F)(F)F)cn2)c1. The number of carbonyl (C=O) groups is 1. The van der Waals surface area contributed by atoms with Crippen molar-refractivity contribution >= 4 is 27.8 Å². The van der Waals surface area contributed by atoms with Crippen molar-refractivity contribution in [2.24, 2.45) is 5.92 Å². The Balaban J connectivity index is 1.82. The van der Waals surface area contributed by atoms with Gasteiger partial charge in [-0.1, -0.05) is 18.6 Å². The second-order valence-corrected chi connectivity index (χ2v) is 8.55. The van der Waals surface area contributed by atoms with Gasteiger partial charge in [0.1, 0.15) is 0 Å². The Morgan fingerprint density at radius 3 is 2.55 bits per heavy atom. The second kappa shape index (κ2) is 8.68. The minimum atomic E-state index is -4.56. The number of hydrogen-bond donors (Lipinski definition) is 1. The summed E-state index contributed by atoms with van der Waals surface area (Å²) >= 11 is 3.30. The van der Waals surface area contributed by atoms with Crippen molar-refractivity contribution in [3.63, 3.8) is 0 Å². The van der Waals surface area contributed by atoms with Crippen LogP contribution in [0.4, 0.5) is 27.9 Å².